The Labute approximate surface area is 471 Å². The lowest BCUT2D eigenvalue weighted by atomic mass is 9.95. The molecule has 0 aliphatic heterocycles. The smallest absolute Gasteiger partial charge is 0.326 e. The van der Waals surface area contributed by atoms with E-state index >= 15 is 0 Å². The van der Waals surface area contributed by atoms with Gasteiger partial charge in [-0.1, -0.05) is 100 Å². The van der Waals surface area contributed by atoms with Crippen molar-refractivity contribution in [3.05, 3.63) is 130 Å². The van der Waals surface area contributed by atoms with E-state index in [0.717, 1.165) is 29.5 Å². The third kappa shape index (κ3) is 25.1. The number of nitrogens with one attached hydrogen (secondary N) is 4. The average Bonchev–Trinajstić information content (AvgIpc) is 3.37. The number of nitrogens with zero attached hydrogens (tertiary/aromatic N) is 2. The normalized spacial score (nSPS) is 13.4. The molecule has 4 aromatic rings. The summed E-state index contributed by atoms with van der Waals surface area (Å²) in [6.07, 6.45) is 3.07. The van der Waals surface area contributed by atoms with Crippen LogP contribution in [0.15, 0.2) is 107 Å². The molecule has 0 radical (unpaired) electrons. The van der Waals surface area contributed by atoms with Gasteiger partial charge in [0.25, 0.3) is 0 Å². The number of rotatable bonds is 29. The molecule has 0 bridgehead atoms. The quantitative estimate of drug-likeness (QED) is 0.0180. The summed E-state index contributed by atoms with van der Waals surface area (Å²) in [5.41, 5.74) is 26.4. The van der Waals surface area contributed by atoms with Crippen LogP contribution >= 0.6 is 0 Å². The van der Waals surface area contributed by atoms with Crippen LogP contribution in [-0.4, -0.2) is 106 Å². The molecule has 0 aliphatic carbocycles. The zero-order valence-electron chi connectivity index (χ0n) is 47.8. The molecule has 4 amide bonds. The fourth-order valence-corrected chi connectivity index (χ4v) is 8.36. The number of benzene rings is 4. The molecule has 436 valence electrons. The van der Waals surface area contributed by atoms with Crippen molar-refractivity contribution in [2.75, 3.05) is 13.1 Å². The van der Waals surface area contributed by atoms with Gasteiger partial charge in [-0.2, -0.15) is 0 Å². The molecule has 4 rings (SSSR count). The predicted octanol–water partition coefficient (Wildman–Crippen LogP) is 5.56. The van der Waals surface area contributed by atoms with E-state index in [1.54, 1.807) is 26.0 Å². The van der Waals surface area contributed by atoms with Crippen LogP contribution in [-0.2, 0) is 54.5 Å². The molecular formula is C60H86N10O10. The van der Waals surface area contributed by atoms with Gasteiger partial charge >= 0.3 is 11.9 Å². The lowest BCUT2D eigenvalue weighted by molar-refractivity contribution is -0.142. The van der Waals surface area contributed by atoms with Gasteiger partial charge in [0.2, 0.25) is 23.6 Å². The van der Waals surface area contributed by atoms with Gasteiger partial charge in [0.15, 0.2) is 11.9 Å². The Balaban J connectivity index is 0.000000422. The molecule has 0 fully saturated rings. The number of carbonyl (C=O) groups excluding carboxylic acids is 4. The van der Waals surface area contributed by atoms with Crippen molar-refractivity contribution in [1.29, 1.82) is 0 Å². The summed E-state index contributed by atoms with van der Waals surface area (Å²) in [5.74, 6) is -3.75. The molecular weight excluding hydrogens is 1020 g/mol. The molecule has 20 nitrogen and oxygen atoms in total. The molecule has 20 heteroatoms. The number of aromatic hydroxyl groups is 1. The molecule has 4 aromatic carbocycles. The fraction of sp³-hybridized carbons (Fsp3) is 0.467. The first-order chi connectivity index (χ1) is 37.6. The Kier molecular flexibility index (Phi) is 27.0. The lowest BCUT2D eigenvalue weighted by Crippen LogP contribution is -2.53. The highest BCUT2D eigenvalue weighted by molar-refractivity contribution is 5.93. The minimum absolute atomic E-state index is 0.0695. The Morgan fingerprint density at radius 1 is 0.475 bits per heavy atom. The maximum atomic E-state index is 13.4. The number of amides is 4. The number of nitrogens with two attached hydrogens (primary N) is 4. The van der Waals surface area contributed by atoms with Crippen LogP contribution in [0.1, 0.15) is 133 Å². The van der Waals surface area contributed by atoms with E-state index < -0.39 is 59.8 Å². The first kappa shape index (κ1) is 66.1. The minimum atomic E-state index is -1.20. The van der Waals surface area contributed by atoms with Crippen molar-refractivity contribution >= 4 is 47.5 Å². The summed E-state index contributed by atoms with van der Waals surface area (Å²) in [4.78, 5) is 84.5. The van der Waals surface area contributed by atoms with Crippen LogP contribution in [0.5, 0.6) is 11.5 Å². The Bertz CT molecular complexity index is 2660. The second kappa shape index (κ2) is 32.7. The van der Waals surface area contributed by atoms with Crippen molar-refractivity contribution in [3.8, 4) is 11.5 Å². The van der Waals surface area contributed by atoms with Crippen LogP contribution in [0.4, 0.5) is 0 Å². The standard InChI is InChI=1S/C32H47N5O5.C28H39N5O5/c1-20(2)18-22-9-13-24(14-10-22)21(3)28(38)37-27(19-23-11-15-25(16-12-23)42-32(4,5)6)29(39)36-26(30(40)41)8-7-17-35-31(33)34;1-17(2)15-19-6-10-21(11-7-19)18(3)25(35)33-24(16-20-8-12-22(34)13-9-20)26(36)32-23(27(37)38)5-4-14-31-28(29)30/h9-16,20-21,26-27H,7-8,17-19H2,1-6H3,(H,36,39)(H,37,38)(H,40,41)(H4,33,34,35);6-13,17-18,23-24,34H,4-5,14-16H2,1-3H3,(H,32,36)(H,33,35)(H,37,38)(H4,29,30,31). The molecule has 0 aliphatic rings. The van der Waals surface area contributed by atoms with Gasteiger partial charge in [-0.05, 0) is 143 Å². The largest absolute Gasteiger partial charge is 0.508 e. The number of aliphatic imine (C=N–C) groups is 2. The number of hydrogen-bond acceptors (Lipinski definition) is 10. The summed E-state index contributed by atoms with van der Waals surface area (Å²) in [6.45, 7) is 18.4. The highest BCUT2D eigenvalue weighted by Crippen LogP contribution is 2.23. The van der Waals surface area contributed by atoms with E-state index in [1.165, 1.54) is 23.3 Å². The minimum Gasteiger partial charge on any atom is -0.508 e. The second-order valence-electron chi connectivity index (χ2n) is 21.9. The summed E-state index contributed by atoms with van der Waals surface area (Å²) in [7, 11) is 0. The number of aliphatic carboxylic acids is 2. The van der Waals surface area contributed by atoms with Crippen molar-refractivity contribution in [2.24, 2.45) is 44.8 Å². The molecule has 6 unspecified atom stereocenters. The third-order valence-electron chi connectivity index (χ3n) is 12.6. The number of carboxylic acid groups (broad SMARTS) is 2. The molecule has 15 N–H and O–H groups in total. The zero-order chi connectivity index (χ0) is 59.7. The van der Waals surface area contributed by atoms with Gasteiger partial charge < -0.3 is 64.3 Å². The molecule has 0 saturated carbocycles. The predicted molar refractivity (Wildman–Crippen MR) is 312 cm³/mol. The average molecular weight is 1110 g/mol. The first-order valence-electron chi connectivity index (χ1n) is 27.1. The summed E-state index contributed by atoms with van der Waals surface area (Å²) >= 11 is 0. The lowest BCUT2D eigenvalue weighted by Gasteiger charge is -2.24. The number of ether oxygens (including phenoxy) is 1. The maximum absolute atomic E-state index is 13.4. The zero-order valence-corrected chi connectivity index (χ0v) is 47.8. The van der Waals surface area contributed by atoms with Gasteiger partial charge in [-0.3, -0.25) is 29.2 Å². The summed E-state index contributed by atoms with van der Waals surface area (Å²) < 4.78 is 5.88. The van der Waals surface area contributed by atoms with Crippen molar-refractivity contribution in [1.82, 2.24) is 21.3 Å². The number of phenols is 1. The van der Waals surface area contributed by atoms with Crippen LogP contribution in [0.25, 0.3) is 0 Å². The monoisotopic (exact) mass is 1110 g/mol. The third-order valence-corrected chi connectivity index (χ3v) is 12.6. The van der Waals surface area contributed by atoms with Crippen molar-refractivity contribution in [3.63, 3.8) is 0 Å². The van der Waals surface area contributed by atoms with Gasteiger partial charge in [0.05, 0.1) is 11.8 Å². The fourth-order valence-electron chi connectivity index (χ4n) is 8.36. The number of phenolic OH excluding ortho intramolecular Hbond substituents is 1. The Hall–Kier alpha value is -8.16. The van der Waals surface area contributed by atoms with Crippen LogP contribution in [0.2, 0.25) is 0 Å². The maximum Gasteiger partial charge on any atom is 0.326 e. The topological polar surface area (TPSA) is 349 Å². The van der Waals surface area contributed by atoms with Gasteiger partial charge in [-0.15, -0.1) is 0 Å². The molecule has 0 spiro atoms. The van der Waals surface area contributed by atoms with E-state index in [9.17, 15) is 44.1 Å². The molecule has 6 atom stereocenters. The van der Waals surface area contributed by atoms with Gasteiger partial charge in [-0.25, -0.2) is 9.59 Å². The number of carbonyl (C=O) groups is 6. The van der Waals surface area contributed by atoms with E-state index in [4.69, 9.17) is 27.7 Å². The van der Waals surface area contributed by atoms with Gasteiger partial charge in [0, 0.05) is 25.9 Å². The highest BCUT2D eigenvalue weighted by Gasteiger charge is 2.30. The molecule has 0 heterocycles. The van der Waals surface area contributed by atoms with E-state index in [0.29, 0.717) is 36.0 Å². The van der Waals surface area contributed by atoms with Crippen LogP contribution in [0, 0.1) is 11.8 Å². The van der Waals surface area contributed by atoms with E-state index in [2.05, 4.69) is 58.9 Å². The van der Waals surface area contributed by atoms with Crippen LogP contribution < -0.4 is 48.9 Å². The number of hydrogen-bond donors (Lipinski definition) is 11. The molecule has 0 aromatic heterocycles. The summed E-state index contributed by atoms with van der Waals surface area (Å²) in [5, 5.41) is 39.7. The summed E-state index contributed by atoms with van der Waals surface area (Å²) in [6, 6.07) is 24.9. The molecule has 0 saturated heterocycles. The Morgan fingerprint density at radius 2 is 0.787 bits per heavy atom. The SMILES string of the molecule is CC(C)Cc1ccc(C(C)C(=O)NC(Cc2ccc(O)cc2)C(=O)NC(CCCN=C(N)N)C(=O)O)cc1.CC(C)Cc1ccc(C(C)C(=O)NC(Cc2ccc(OC(C)(C)C)cc2)C(=O)NC(CCCN=C(N)N)C(=O)O)cc1. The van der Waals surface area contributed by atoms with Crippen LogP contribution in [0.3, 0.4) is 0 Å². The highest BCUT2D eigenvalue weighted by atomic mass is 16.5. The van der Waals surface area contributed by atoms with Crippen molar-refractivity contribution in [2.45, 2.75) is 155 Å². The van der Waals surface area contributed by atoms with Crippen molar-refractivity contribution < 1.29 is 48.8 Å². The molecule has 80 heavy (non-hydrogen) atoms. The van der Waals surface area contributed by atoms with Gasteiger partial charge in [0.1, 0.15) is 41.3 Å². The Morgan fingerprint density at radius 3 is 1.10 bits per heavy atom. The van der Waals surface area contributed by atoms with E-state index in [-0.39, 0.29) is 73.9 Å². The van der Waals surface area contributed by atoms with E-state index in [1.807, 2.05) is 93.6 Å². The second-order valence-corrected chi connectivity index (χ2v) is 21.9. The first-order valence-corrected chi connectivity index (χ1v) is 27.1. The number of guanidine groups is 2. The number of carboxylic acids is 2.